The molecule has 1 saturated carbocycles. The van der Waals surface area contributed by atoms with Crippen LogP contribution in [-0.2, 0) is 30.7 Å². The van der Waals surface area contributed by atoms with Crippen LogP contribution < -0.4 is 5.48 Å². The van der Waals surface area contributed by atoms with E-state index in [1.54, 1.807) is 5.48 Å². The van der Waals surface area contributed by atoms with Crippen LogP contribution in [0.3, 0.4) is 0 Å². The minimum Gasteiger partial charge on any atom is -0.349 e. The summed E-state index contributed by atoms with van der Waals surface area (Å²) in [6.45, 7) is -0.120. The molecule has 0 spiro atoms. The van der Waals surface area contributed by atoms with Crippen LogP contribution in [0.25, 0.3) is 0 Å². The smallest absolute Gasteiger partial charge is 0.265 e. The average Bonchev–Trinajstić information content (AvgIpc) is 3.35. The molecular formula is C21H22F2N2O6S. The lowest BCUT2D eigenvalue weighted by Crippen LogP contribution is -2.60. The van der Waals surface area contributed by atoms with Crippen LogP contribution in [0.5, 0.6) is 0 Å². The first-order valence-electron chi connectivity index (χ1n) is 9.97. The van der Waals surface area contributed by atoms with E-state index in [0.717, 1.165) is 28.6 Å². The first-order chi connectivity index (χ1) is 15.3. The molecule has 172 valence electrons. The second-order valence-electron chi connectivity index (χ2n) is 7.82. The van der Waals surface area contributed by atoms with Crippen molar-refractivity contribution in [3.63, 3.8) is 0 Å². The van der Waals surface area contributed by atoms with Crippen LogP contribution >= 0.6 is 0 Å². The Bertz CT molecular complexity index is 1070. The van der Waals surface area contributed by atoms with Gasteiger partial charge in [0.25, 0.3) is 5.91 Å². The topological polar surface area (TPSA) is 105 Å². The zero-order chi connectivity index (χ0) is 22.9. The van der Waals surface area contributed by atoms with Crippen LogP contribution in [-0.4, -0.2) is 54.9 Å². The second kappa shape index (κ2) is 8.83. The number of benzene rings is 2. The molecule has 2 aromatic rings. The standard InChI is InChI=1S/C21H22F2N2O6S/c22-15-3-1-14(2-4-15)9-10-25(32(28,29)17-7-5-16(23)6-8-17)21(20(26)24-27)11-18-19(12-21)31-13-30-18/h1-8,18-19,27H,9-13H2,(H,24,26). The number of hydrogen-bond acceptors (Lipinski definition) is 6. The summed E-state index contributed by atoms with van der Waals surface area (Å²) in [5.41, 5.74) is 0.542. The number of hydrogen-bond donors (Lipinski definition) is 2. The van der Waals surface area contributed by atoms with Crippen LogP contribution in [0.2, 0.25) is 0 Å². The van der Waals surface area contributed by atoms with Crippen molar-refractivity contribution in [1.29, 1.82) is 0 Å². The van der Waals surface area contributed by atoms with Gasteiger partial charge in [-0.25, -0.2) is 22.7 Å². The Balaban J connectivity index is 1.75. The Kier molecular flexibility index (Phi) is 6.28. The van der Waals surface area contributed by atoms with Gasteiger partial charge in [-0.15, -0.1) is 0 Å². The minimum absolute atomic E-state index is 0.0338. The Morgan fingerprint density at radius 1 is 1.03 bits per heavy atom. The van der Waals surface area contributed by atoms with Crippen molar-refractivity contribution < 1.29 is 36.7 Å². The summed E-state index contributed by atoms with van der Waals surface area (Å²) in [6, 6.07) is 9.81. The Labute approximate surface area is 183 Å². The van der Waals surface area contributed by atoms with E-state index in [2.05, 4.69) is 0 Å². The summed E-state index contributed by atoms with van der Waals surface area (Å²) in [5.74, 6) is -1.95. The number of rotatable bonds is 7. The maximum absolute atomic E-state index is 13.7. The largest absolute Gasteiger partial charge is 0.349 e. The molecule has 1 aliphatic heterocycles. The van der Waals surface area contributed by atoms with E-state index in [1.165, 1.54) is 24.3 Å². The van der Waals surface area contributed by atoms with Crippen molar-refractivity contribution in [1.82, 2.24) is 9.79 Å². The highest BCUT2D eigenvalue weighted by molar-refractivity contribution is 7.89. The first-order valence-corrected chi connectivity index (χ1v) is 11.4. The number of hydroxylamine groups is 1. The molecule has 2 aromatic carbocycles. The number of fused-ring (bicyclic) bond motifs is 1. The number of ether oxygens (including phenoxy) is 2. The zero-order valence-corrected chi connectivity index (χ0v) is 17.7. The molecule has 8 nitrogen and oxygen atoms in total. The Morgan fingerprint density at radius 3 is 2.09 bits per heavy atom. The van der Waals surface area contributed by atoms with E-state index < -0.39 is 45.3 Å². The van der Waals surface area contributed by atoms with Crippen molar-refractivity contribution in [2.75, 3.05) is 13.3 Å². The molecule has 2 fully saturated rings. The lowest BCUT2D eigenvalue weighted by molar-refractivity contribution is -0.141. The fourth-order valence-electron chi connectivity index (χ4n) is 4.34. The highest BCUT2D eigenvalue weighted by atomic mass is 32.2. The van der Waals surface area contributed by atoms with E-state index in [9.17, 15) is 27.2 Å². The molecule has 4 rings (SSSR count). The summed E-state index contributed by atoms with van der Waals surface area (Å²) < 4.78 is 66.0. The number of nitrogens with one attached hydrogen (secondary N) is 1. The van der Waals surface area contributed by atoms with Crippen LogP contribution in [0.4, 0.5) is 8.78 Å². The normalized spacial score (nSPS) is 25.1. The molecule has 0 radical (unpaired) electrons. The lowest BCUT2D eigenvalue weighted by Gasteiger charge is -2.38. The van der Waals surface area contributed by atoms with Crippen molar-refractivity contribution >= 4 is 15.9 Å². The molecule has 32 heavy (non-hydrogen) atoms. The third-order valence-corrected chi connectivity index (χ3v) is 7.96. The molecule has 2 atom stereocenters. The summed E-state index contributed by atoms with van der Waals surface area (Å²) >= 11 is 0. The lowest BCUT2D eigenvalue weighted by atomic mass is 9.95. The average molecular weight is 468 g/mol. The fraction of sp³-hybridized carbons (Fsp3) is 0.381. The maximum Gasteiger partial charge on any atom is 0.265 e. The van der Waals surface area contributed by atoms with Gasteiger partial charge in [0.05, 0.1) is 17.1 Å². The van der Waals surface area contributed by atoms with Gasteiger partial charge in [-0.3, -0.25) is 10.0 Å². The van der Waals surface area contributed by atoms with Gasteiger partial charge >= 0.3 is 0 Å². The molecule has 0 aromatic heterocycles. The molecule has 2 aliphatic rings. The van der Waals surface area contributed by atoms with Crippen LogP contribution in [0, 0.1) is 11.6 Å². The van der Waals surface area contributed by atoms with Crippen molar-refractivity contribution in [2.45, 2.75) is 41.9 Å². The third kappa shape index (κ3) is 4.14. The summed E-state index contributed by atoms with van der Waals surface area (Å²) in [7, 11) is -4.31. The molecule has 1 amide bonds. The minimum atomic E-state index is -4.31. The molecule has 2 unspecified atom stereocenters. The molecule has 1 saturated heterocycles. The van der Waals surface area contributed by atoms with Gasteiger partial charge in [0.1, 0.15) is 24.0 Å². The fourth-order valence-corrected chi connectivity index (χ4v) is 6.10. The predicted octanol–water partition coefficient (Wildman–Crippen LogP) is 1.98. The van der Waals surface area contributed by atoms with Gasteiger partial charge in [-0.2, -0.15) is 4.31 Å². The summed E-state index contributed by atoms with van der Waals surface area (Å²) in [5, 5.41) is 9.47. The maximum atomic E-state index is 13.7. The second-order valence-corrected chi connectivity index (χ2v) is 9.68. The molecular weight excluding hydrogens is 446 g/mol. The van der Waals surface area contributed by atoms with E-state index >= 15 is 0 Å². The highest BCUT2D eigenvalue weighted by Crippen LogP contribution is 2.43. The summed E-state index contributed by atoms with van der Waals surface area (Å²) in [4.78, 5) is 12.7. The number of nitrogens with zero attached hydrogens (tertiary/aromatic N) is 1. The first kappa shape index (κ1) is 22.7. The van der Waals surface area contributed by atoms with Crippen molar-refractivity contribution in [3.05, 3.63) is 65.7 Å². The SMILES string of the molecule is O=C(NO)C1(N(CCc2ccc(F)cc2)S(=O)(=O)c2ccc(F)cc2)CC2OCOC2C1. The van der Waals surface area contributed by atoms with Crippen molar-refractivity contribution in [3.8, 4) is 0 Å². The quantitative estimate of drug-likeness (QED) is 0.476. The van der Waals surface area contributed by atoms with Crippen LogP contribution in [0.1, 0.15) is 18.4 Å². The highest BCUT2D eigenvalue weighted by Gasteiger charge is 2.59. The van der Waals surface area contributed by atoms with Gasteiger partial charge in [0.2, 0.25) is 10.0 Å². The van der Waals surface area contributed by atoms with Gasteiger partial charge in [-0.1, -0.05) is 12.1 Å². The monoisotopic (exact) mass is 468 g/mol. The van der Waals surface area contributed by atoms with Gasteiger partial charge in [0.15, 0.2) is 0 Å². The number of carbonyl (C=O) groups is 1. The van der Waals surface area contributed by atoms with Crippen molar-refractivity contribution in [2.24, 2.45) is 0 Å². The van der Waals surface area contributed by atoms with E-state index in [-0.39, 0.29) is 37.5 Å². The molecule has 1 aliphatic carbocycles. The Morgan fingerprint density at radius 2 is 1.56 bits per heavy atom. The van der Waals surface area contributed by atoms with E-state index in [4.69, 9.17) is 9.47 Å². The number of amides is 1. The number of carbonyl (C=O) groups excluding carboxylic acids is 1. The van der Waals surface area contributed by atoms with Crippen LogP contribution in [0.15, 0.2) is 53.4 Å². The number of halogens is 2. The van der Waals surface area contributed by atoms with Gasteiger partial charge in [-0.05, 0) is 48.4 Å². The molecule has 0 bridgehead atoms. The molecule has 2 N–H and O–H groups in total. The Hall–Kier alpha value is -2.44. The zero-order valence-electron chi connectivity index (χ0n) is 16.9. The number of sulfonamides is 1. The molecule has 11 heteroatoms. The van der Waals surface area contributed by atoms with Gasteiger partial charge in [0, 0.05) is 19.4 Å². The molecule has 1 heterocycles. The predicted molar refractivity (Wildman–Crippen MR) is 107 cm³/mol. The van der Waals surface area contributed by atoms with Gasteiger partial charge < -0.3 is 9.47 Å². The van der Waals surface area contributed by atoms with E-state index in [1.807, 2.05) is 0 Å². The third-order valence-electron chi connectivity index (χ3n) is 5.98. The van der Waals surface area contributed by atoms with E-state index in [0.29, 0.717) is 5.56 Å². The summed E-state index contributed by atoms with van der Waals surface area (Å²) in [6.07, 6.45) is -0.951.